The third-order valence-corrected chi connectivity index (χ3v) is 7.39. The number of aryl methyl sites for hydroxylation is 4. The van der Waals surface area contributed by atoms with E-state index in [1.54, 1.807) is 20.8 Å². The van der Waals surface area contributed by atoms with Crippen LogP contribution in [0.1, 0.15) is 94.7 Å². The highest BCUT2D eigenvalue weighted by Gasteiger charge is 2.39. The molecule has 3 unspecified atom stereocenters. The lowest BCUT2D eigenvalue weighted by Gasteiger charge is -2.39. The molecule has 2 rings (SSSR count). The van der Waals surface area contributed by atoms with Crippen LogP contribution < -0.4 is 16.4 Å². The third-order valence-electron chi connectivity index (χ3n) is 7.39. The van der Waals surface area contributed by atoms with E-state index < -0.39 is 54.0 Å². The predicted octanol–water partition coefficient (Wildman–Crippen LogP) is 6.02. The zero-order valence-electron chi connectivity index (χ0n) is 27.5. The van der Waals surface area contributed by atoms with Gasteiger partial charge in [-0.15, -0.1) is 0 Å². The summed E-state index contributed by atoms with van der Waals surface area (Å²) in [5.74, 6) is -1.42. The summed E-state index contributed by atoms with van der Waals surface area (Å²) in [5.41, 5.74) is 9.78. The zero-order valence-corrected chi connectivity index (χ0v) is 27.5. The Balaban J connectivity index is 2.72. The van der Waals surface area contributed by atoms with E-state index in [4.69, 9.17) is 10.5 Å². The molecule has 0 radical (unpaired) electrons. The minimum absolute atomic E-state index is 0.351. The molecule has 0 saturated carbocycles. The number of benzene rings is 2. The number of hydrogen-bond donors (Lipinski definition) is 3. The Morgan fingerprint density at radius 1 is 0.884 bits per heavy atom. The molecule has 0 aliphatic heterocycles. The summed E-state index contributed by atoms with van der Waals surface area (Å²) in [6.07, 6.45) is 0.0776. The van der Waals surface area contributed by atoms with Gasteiger partial charge in [-0.3, -0.25) is 14.4 Å². The molecular formula is C34H50N4O5. The second kappa shape index (κ2) is 15.0. The van der Waals surface area contributed by atoms with Crippen molar-refractivity contribution >= 4 is 29.5 Å². The number of carbonyl (C=O) groups is 4. The van der Waals surface area contributed by atoms with Crippen molar-refractivity contribution < 1.29 is 23.9 Å². The van der Waals surface area contributed by atoms with Crippen LogP contribution in [-0.4, -0.2) is 46.4 Å². The number of nitrogens with one attached hydrogen (secondary N) is 2. The lowest BCUT2D eigenvalue weighted by Crippen LogP contribution is -2.56. The van der Waals surface area contributed by atoms with Crippen molar-refractivity contribution in [2.24, 2.45) is 11.7 Å². The van der Waals surface area contributed by atoms with Crippen LogP contribution in [0.15, 0.2) is 36.4 Å². The molecule has 0 aliphatic rings. The molecule has 9 nitrogen and oxygen atoms in total. The number of hydrogen-bond acceptors (Lipinski definition) is 5. The maximum atomic E-state index is 14.5. The number of anilines is 1. The summed E-state index contributed by atoms with van der Waals surface area (Å²) < 4.78 is 5.39. The van der Waals surface area contributed by atoms with Gasteiger partial charge in [-0.25, -0.2) is 4.79 Å². The zero-order chi connectivity index (χ0) is 32.6. The van der Waals surface area contributed by atoms with Gasteiger partial charge < -0.3 is 26.0 Å². The van der Waals surface area contributed by atoms with Crippen LogP contribution in [0.4, 0.5) is 10.5 Å². The van der Waals surface area contributed by atoms with E-state index in [0.29, 0.717) is 23.6 Å². The van der Waals surface area contributed by atoms with Crippen LogP contribution >= 0.6 is 0 Å². The molecule has 4 amide bonds. The van der Waals surface area contributed by atoms with Crippen molar-refractivity contribution in [1.82, 2.24) is 10.2 Å². The molecule has 0 aromatic heterocycles. The Morgan fingerprint density at radius 3 is 2.00 bits per heavy atom. The number of alkyl carbamates (subject to hydrolysis) is 1. The minimum Gasteiger partial charge on any atom is -0.444 e. The van der Waals surface area contributed by atoms with Gasteiger partial charge in [0.1, 0.15) is 17.7 Å². The maximum Gasteiger partial charge on any atom is 0.408 e. The first kappa shape index (κ1) is 35.3. The van der Waals surface area contributed by atoms with Gasteiger partial charge in [-0.05, 0) is 102 Å². The van der Waals surface area contributed by atoms with Gasteiger partial charge >= 0.3 is 6.09 Å². The smallest absolute Gasteiger partial charge is 0.408 e. The van der Waals surface area contributed by atoms with E-state index in [1.165, 1.54) is 4.90 Å². The van der Waals surface area contributed by atoms with E-state index >= 15 is 0 Å². The van der Waals surface area contributed by atoms with Crippen molar-refractivity contribution in [3.05, 3.63) is 64.2 Å². The lowest BCUT2D eigenvalue weighted by atomic mass is 9.94. The molecule has 236 valence electrons. The van der Waals surface area contributed by atoms with Gasteiger partial charge in [0.15, 0.2) is 0 Å². The fraction of sp³-hybridized carbons (Fsp3) is 0.529. The molecule has 4 N–H and O–H groups in total. The minimum atomic E-state index is -1.34. The number of nitrogens with zero attached hydrogens (tertiary/aromatic N) is 1. The third kappa shape index (κ3) is 10.4. The van der Waals surface area contributed by atoms with Crippen LogP contribution in [0.25, 0.3) is 0 Å². The monoisotopic (exact) mass is 594 g/mol. The number of nitrogens with two attached hydrogens (primary N) is 1. The molecule has 0 heterocycles. The predicted molar refractivity (Wildman–Crippen MR) is 171 cm³/mol. The quantitative estimate of drug-likeness (QED) is 0.277. The van der Waals surface area contributed by atoms with Gasteiger partial charge in [0.25, 0.3) is 5.91 Å². The van der Waals surface area contributed by atoms with Crippen molar-refractivity contribution in [2.45, 2.75) is 112 Å². The van der Waals surface area contributed by atoms with E-state index in [0.717, 1.165) is 28.7 Å². The van der Waals surface area contributed by atoms with Crippen molar-refractivity contribution in [1.29, 1.82) is 0 Å². The highest BCUT2D eigenvalue weighted by Crippen LogP contribution is 2.31. The summed E-state index contributed by atoms with van der Waals surface area (Å²) in [5, 5.41) is 5.63. The molecule has 0 bridgehead atoms. The van der Waals surface area contributed by atoms with E-state index in [-0.39, 0.29) is 0 Å². The van der Waals surface area contributed by atoms with Crippen LogP contribution in [0.5, 0.6) is 0 Å². The molecule has 9 heteroatoms. The van der Waals surface area contributed by atoms with Gasteiger partial charge in [0.2, 0.25) is 11.8 Å². The lowest BCUT2D eigenvalue weighted by molar-refractivity contribution is -0.144. The second-order valence-corrected chi connectivity index (χ2v) is 12.9. The number of ether oxygens (including phenoxy) is 1. The van der Waals surface area contributed by atoms with E-state index in [9.17, 15) is 19.2 Å². The summed E-state index contributed by atoms with van der Waals surface area (Å²) >= 11 is 0. The van der Waals surface area contributed by atoms with Crippen molar-refractivity contribution in [2.75, 3.05) is 5.32 Å². The largest absolute Gasteiger partial charge is 0.444 e. The Kier molecular flexibility index (Phi) is 12.3. The van der Waals surface area contributed by atoms with Crippen LogP contribution in [-0.2, 0) is 19.1 Å². The van der Waals surface area contributed by atoms with Gasteiger partial charge in [0, 0.05) is 11.7 Å². The number of amides is 4. The van der Waals surface area contributed by atoms with Crippen LogP contribution in [0.2, 0.25) is 0 Å². The number of carbonyl (C=O) groups excluding carboxylic acids is 4. The molecular weight excluding hydrogens is 544 g/mol. The highest BCUT2D eigenvalue weighted by molar-refractivity contribution is 6.00. The van der Waals surface area contributed by atoms with Crippen molar-refractivity contribution in [3.63, 3.8) is 0 Å². The average Bonchev–Trinajstić information content (AvgIpc) is 2.87. The first-order chi connectivity index (χ1) is 19.9. The SMILES string of the molecule is Cc1ccc(C(C(=O)Nc2c(C)cccc2C)N(C(=O)C(CC(N)=O)NC(=O)OC(C)(C)C)C(C)CCC(C)C)cc1C. The molecule has 43 heavy (non-hydrogen) atoms. The van der Waals surface area contributed by atoms with Crippen LogP contribution in [0.3, 0.4) is 0 Å². The summed E-state index contributed by atoms with van der Waals surface area (Å²) in [6.45, 7) is 18.9. The molecule has 2 aromatic carbocycles. The summed E-state index contributed by atoms with van der Waals surface area (Å²) in [6, 6.07) is 8.58. The Bertz CT molecular complexity index is 1290. The molecule has 0 fully saturated rings. The molecule has 3 atom stereocenters. The van der Waals surface area contributed by atoms with Crippen molar-refractivity contribution in [3.8, 4) is 0 Å². The van der Waals surface area contributed by atoms with Crippen LogP contribution in [0, 0.1) is 33.6 Å². The maximum absolute atomic E-state index is 14.5. The second-order valence-electron chi connectivity index (χ2n) is 12.9. The average molecular weight is 595 g/mol. The molecule has 2 aromatic rings. The van der Waals surface area contributed by atoms with E-state index in [1.807, 2.05) is 71.0 Å². The molecule has 0 aliphatic carbocycles. The van der Waals surface area contributed by atoms with E-state index in [2.05, 4.69) is 24.5 Å². The standard InChI is InChI=1S/C34H50N4O5/c1-20(2)14-16-25(7)38(32(41)27(19-28(35)39)36-33(42)43-34(8,9)10)30(26-17-15-21(3)24(6)18-26)31(40)37-29-22(4)12-11-13-23(29)5/h11-13,15,17-18,20,25,27,30H,14,16,19H2,1-10H3,(H2,35,39)(H,36,42)(H,37,40). The molecule has 0 spiro atoms. The summed E-state index contributed by atoms with van der Waals surface area (Å²) in [4.78, 5) is 55.3. The van der Waals surface area contributed by atoms with Gasteiger partial charge in [-0.2, -0.15) is 0 Å². The fourth-order valence-electron chi connectivity index (χ4n) is 4.92. The Morgan fingerprint density at radius 2 is 1.49 bits per heavy atom. The number of primary amides is 1. The first-order valence-electron chi connectivity index (χ1n) is 15.0. The van der Waals surface area contributed by atoms with Gasteiger partial charge in [0.05, 0.1) is 6.42 Å². The Hall–Kier alpha value is -3.88. The topological polar surface area (TPSA) is 131 Å². The summed E-state index contributed by atoms with van der Waals surface area (Å²) in [7, 11) is 0. The highest BCUT2D eigenvalue weighted by atomic mass is 16.6. The fourth-order valence-corrected chi connectivity index (χ4v) is 4.92. The van der Waals surface area contributed by atoms with Gasteiger partial charge in [-0.1, -0.05) is 50.2 Å². The normalized spacial score (nSPS) is 13.6. The number of para-hydroxylation sites is 1. The Labute approximate surface area is 256 Å². The first-order valence-corrected chi connectivity index (χ1v) is 15.0. The molecule has 0 saturated heterocycles. The number of rotatable bonds is 12.